The number of rotatable bonds is 12. The summed E-state index contributed by atoms with van der Waals surface area (Å²) in [5.74, 6) is -3.69. The summed E-state index contributed by atoms with van der Waals surface area (Å²) in [6.07, 6.45) is 2.47. The van der Waals surface area contributed by atoms with Crippen LogP contribution in [-0.2, 0) is 35.2 Å². The summed E-state index contributed by atoms with van der Waals surface area (Å²) in [5.41, 5.74) is 6.88. The predicted molar refractivity (Wildman–Crippen MR) is 214 cm³/mol. The highest BCUT2D eigenvalue weighted by Crippen LogP contribution is 2.48. The van der Waals surface area contributed by atoms with Crippen LogP contribution < -0.4 is 27.0 Å². The van der Waals surface area contributed by atoms with E-state index in [4.69, 9.17) is 17.3 Å². The maximum atomic E-state index is 14.5. The number of anilines is 1. The average molecular weight is 839 g/mol. The van der Waals surface area contributed by atoms with Gasteiger partial charge < -0.3 is 46.8 Å². The highest BCUT2D eigenvalue weighted by Gasteiger charge is 2.63. The number of carbonyl (C=O) groups excluding carboxylic acids is 7. The number of nitrogens with two attached hydrogens (primary N) is 1. The zero-order valence-corrected chi connectivity index (χ0v) is 34.1. The van der Waals surface area contributed by atoms with Gasteiger partial charge in [-0.15, -0.1) is 0 Å². The van der Waals surface area contributed by atoms with Crippen LogP contribution in [0.25, 0.3) is 0 Å². The molecule has 2 aromatic rings. The number of halogens is 2. The number of Topliss-reactive ketones (excluding diaryl/α,β-unsaturated/α-hetero) is 1. The lowest BCUT2D eigenvalue weighted by atomic mass is 9.99. The van der Waals surface area contributed by atoms with Crippen LogP contribution in [0.15, 0.2) is 42.5 Å². The molecule has 3 saturated heterocycles. The molecule has 0 unspecified atom stereocenters. The molecule has 1 aliphatic carbocycles. The number of ketones is 1. The Bertz CT molecular complexity index is 2010. The minimum Gasteiger partial charge on any atom is -0.394 e. The quantitative estimate of drug-likeness (QED) is 0.182. The number of benzene rings is 2. The highest BCUT2D eigenvalue weighted by molar-refractivity contribution is 6.30. The number of nitrogens with zero attached hydrogens (tertiary/aromatic N) is 3. The summed E-state index contributed by atoms with van der Waals surface area (Å²) in [6, 6.07) is 3.40. The molecule has 59 heavy (non-hydrogen) atoms. The number of nitrogens with one attached hydrogen (secondary N) is 4. The van der Waals surface area contributed by atoms with Gasteiger partial charge in [-0.3, -0.25) is 28.8 Å². The van der Waals surface area contributed by atoms with Crippen molar-refractivity contribution < 1.29 is 43.1 Å². The minimum atomic E-state index is -1.55. The van der Waals surface area contributed by atoms with Gasteiger partial charge in [-0.25, -0.2) is 9.18 Å². The van der Waals surface area contributed by atoms with Crippen molar-refractivity contribution in [2.45, 2.75) is 108 Å². The molecule has 1 saturated carbocycles. The second-order valence-electron chi connectivity index (χ2n) is 16.4. The van der Waals surface area contributed by atoms with Crippen LogP contribution in [0.2, 0.25) is 5.02 Å². The third-order valence-electron chi connectivity index (χ3n) is 11.7. The number of hydrogen-bond donors (Lipinski definition) is 6. The topological polar surface area (TPSA) is 224 Å². The molecule has 18 heteroatoms. The molecule has 8 atom stereocenters. The van der Waals surface area contributed by atoms with Crippen molar-refractivity contribution in [2.75, 3.05) is 31.6 Å². The number of hydrogen-bond acceptors (Lipinski definition) is 9. The lowest BCUT2D eigenvalue weighted by Gasteiger charge is -2.39. The van der Waals surface area contributed by atoms with Crippen LogP contribution in [0, 0.1) is 18.7 Å². The van der Waals surface area contributed by atoms with Crippen molar-refractivity contribution in [1.29, 1.82) is 0 Å². The fourth-order valence-corrected chi connectivity index (χ4v) is 8.81. The number of likely N-dealkylation sites (tertiary alicyclic amines) is 3. The first kappa shape index (κ1) is 43.4. The number of piperidine rings is 1. The van der Waals surface area contributed by atoms with Gasteiger partial charge in [-0.2, -0.15) is 0 Å². The summed E-state index contributed by atoms with van der Waals surface area (Å²) < 4.78 is 14.5. The van der Waals surface area contributed by atoms with Crippen molar-refractivity contribution in [3.05, 3.63) is 64.4 Å². The fourth-order valence-electron chi connectivity index (χ4n) is 8.65. The van der Waals surface area contributed by atoms with Crippen LogP contribution in [0.3, 0.4) is 0 Å². The van der Waals surface area contributed by atoms with Crippen LogP contribution in [0.5, 0.6) is 0 Å². The van der Waals surface area contributed by atoms with E-state index in [0.29, 0.717) is 44.2 Å². The molecule has 4 fully saturated rings. The van der Waals surface area contributed by atoms with E-state index in [-0.39, 0.29) is 54.2 Å². The van der Waals surface area contributed by atoms with E-state index in [0.717, 1.165) is 11.6 Å². The predicted octanol–water partition coefficient (Wildman–Crippen LogP) is 1.39. The molecule has 0 bridgehead atoms. The molecule has 318 valence electrons. The summed E-state index contributed by atoms with van der Waals surface area (Å²) in [4.78, 5) is 99.0. The normalized spacial score (nSPS) is 25.3. The van der Waals surface area contributed by atoms with Crippen molar-refractivity contribution in [1.82, 2.24) is 30.7 Å². The van der Waals surface area contributed by atoms with E-state index in [1.54, 1.807) is 30.0 Å². The number of amides is 7. The molecular formula is C41H52ClFN8O8. The molecule has 0 aromatic heterocycles. The monoisotopic (exact) mass is 838 g/mol. The van der Waals surface area contributed by atoms with Crippen molar-refractivity contribution >= 4 is 58.6 Å². The third kappa shape index (κ3) is 9.68. The minimum absolute atomic E-state index is 0.0175. The summed E-state index contributed by atoms with van der Waals surface area (Å²) in [6.45, 7) is 5.08. The number of aliphatic hydroxyl groups is 1. The lowest BCUT2D eigenvalue weighted by molar-refractivity contribution is -0.151. The van der Waals surface area contributed by atoms with Gasteiger partial charge in [0.15, 0.2) is 5.78 Å². The first-order chi connectivity index (χ1) is 28.0. The Hall–Kier alpha value is -5.13. The number of urea groups is 1. The molecular weight excluding hydrogens is 787 g/mol. The van der Waals surface area contributed by atoms with Crippen LogP contribution in [0.4, 0.5) is 14.9 Å². The van der Waals surface area contributed by atoms with Crippen molar-refractivity contribution in [3.63, 3.8) is 0 Å². The molecule has 3 aliphatic heterocycles. The Morgan fingerprint density at radius 1 is 0.983 bits per heavy atom. The Morgan fingerprint density at radius 3 is 2.41 bits per heavy atom. The van der Waals surface area contributed by atoms with Gasteiger partial charge in [0.05, 0.1) is 12.3 Å². The Balaban J connectivity index is 1.13. The van der Waals surface area contributed by atoms with E-state index in [9.17, 15) is 43.1 Å². The second-order valence-corrected chi connectivity index (χ2v) is 16.8. The standard InChI is InChI=1S/C41H52ClFN8O8/c1-22-7-6-8-25(13-22)14-30(48-40(59)47-29-11-10-26(42)15-28(29)43)35(54)46-31(21-52)38(57)50-20-27(44)16-33(50)39(58)49-12-5-4-9-32(49)36(55)45-24(3)37(56)51-19-23(2)17-41(51)18-34(41)53/h6-8,10-11,13,15,23-24,27,30-33,52H,4-5,9,12,14,16-21,44H2,1-3H3,(H,45,55)(H,46,54)(H2,47,48,59)/t23-,24+,27+,30+,31+,32+,33+,41+/m1/s1. The molecule has 1 spiro atoms. The number of aryl methyl sites for hydroxylation is 1. The zero-order chi connectivity index (χ0) is 42.8. The van der Waals surface area contributed by atoms with Gasteiger partial charge in [-0.05, 0) is 75.6 Å². The van der Waals surface area contributed by atoms with Crippen LogP contribution >= 0.6 is 11.6 Å². The van der Waals surface area contributed by atoms with E-state index >= 15 is 0 Å². The largest absolute Gasteiger partial charge is 0.394 e. The van der Waals surface area contributed by atoms with Crippen molar-refractivity contribution in [3.8, 4) is 0 Å². The van der Waals surface area contributed by atoms with Crippen LogP contribution in [0.1, 0.15) is 63.5 Å². The first-order valence-electron chi connectivity index (χ1n) is 20.0. The molecule has 7 amide bonds. The van der Waals surface area contributed by atoms with Gasteiger partial charge in [0.2, 0.25) is 29.5 Å². The maximum absolute atomic E-state index is 14.5. The molecule has 4 aliphatic rings. The third-order valence-corrected chi connectivity index (χ3v) is 11.9. The van der Waals surface area contributed by atoms with E-state index in [1.807, 2.05) is 19.9 Å². The van der Waals surface area contributed by atoms with E-state index in [1.165, 1.54) is 21.9 Å². The summed E-state index contributed by atoms with van der Waals surface area (Å²) >= 11 is 5.83. The molecule has 2 aromatic carbocycles. The fraction of sp³-hybridized carbons (Fsp3) is 0.537. The molecule has 16 nitrogen and oxygen atoms in total. The Morgan fingerprint density at radius 2 is 1.73 bits per heavy atom. The van der Waals surface area contributed by atoms with E-state index in [2.05, 4.69) is 21.3 Å². The molecule has 6 rings (SSSR count). The lowest BCUT2D eigenvalue weighted by Crippen LogP contribution is -2.61. The summed E-state index contributed by atoms with van der Waals surface area (Å²) in [5, 5.41) is 20.7. The molecule has 0 radical (unpaired) electrons. The van der Waals surface area contributed by atoms with Gasteiger partial charge in [0.25, 0.3) is 0 Å². The highest BCUT2D eigenvalue weighted by atomic mass is 35.5. The molecule has 3 heterocycles. The number of aliphatic hydroxyl groups excluding tert-OH is 1. The Labute approximate surface area is 346 Å². The SMILES string of the molecule is Cc1cccc(C[C@H](NC(=O)Nc2ccc(Cl)cc2F)C(=O)N[C@@H](CO)C(=O)N2C[C@@H](N)C[C@H]2C(=O)N2CCCC[C@H]2C(=O)N[C@@H](C)C(=O)N2C[C@H](C)C[C@@]23CC3=O)c1. The van der Waals surface area contributed by atoms with E-state index < -0.39 is 83.9 Å². The smallest absolute Gasteiger partial charge is 0.319 e. The van der Waals surface area contributed by atoms with Gasteiger partial charge in [-0.1, -0.05) is 48.4 Å². The second kappa shape index (κ2) is 18.0. The summed E-state index contributed by atoms with van der Waals surface area (Å²) in [7, 11) is 0. The maximum Gasteiger partial charge on any atom is 0.319 e. The van der Waals surface area contributed by atoms with Crippen LogP contribution in [-0.4, -0.2) is 129 Å². The average Bonchev–Trinajstić information content (AvgIpc) is 3.47. The molecule has 7 N–H and O–H groups in total. The zero-order valence-electron chi connectivity index (χ0n) is 33.3. The van der Waals surface area contributed by atoms with Gasteiger partial charge in [0.1, 0.15) is 41.6 Å². The first-order valence-corrected chi connectivity index (χ1v) is 20.4. The Kier molecular flexibility index (Phi) is 13.3. The van der Waals surface area contributed by atoms with Crippen molar-refractivity contribution in [2.24, 2.45) is 11.7 Å². The van der Waals surface area contributed by atoms with Gasteiger partial charge >= 0.3 is 6.03 Å². The number of carbonyl (C=O) groups is 7. The van der Waals surface area contributed by atoms with Gasteiger partial charge in [0, 0.05) is 43.5 Å².